The SMILES string of the molecule is CCCCCCCC/C=C/CCCCCCCCCC(=O)OC(/C=C/CCCCCCCCCCC)C(COP(=O)(O)OCC[N+](C)(C)C)NC(=O)CCCCCCCCCCCCCCCCCCCCCCC. The van der Waals surface area contributed by atoms with Gasteiger partial charge in [0.05, 0.1) is 33.8 Å². The molecule has 9 nitrogen and oxygen atoms in total. The zero-order valence-corrected chi connectivity index (χ0v) is 51.7. The number of amides is 1. The van der Waals surface area contributed by atoms with Gasteiger partial charge in [-0.05, 0) is 57.4 Å². The largest absolute Gasteiger partial charge is 0.472 e. The van der Waals surface area contributed by atoms with E-state index in [1.165, 1.54) is 238 Å². The van der Waals surface area contributed by atoms with E-state index in [0.29, 0.717) is 23.9 Å². The number of hydrogen-bond acceptors (Lipinski definition) is 6. The second kappa shape index (κ2) is 55.8. The Balaban J connectivity index is 5.11. The standard InChI is InChI=1S/C65H127N2O7P/c1-7-10-13-16-19-22-25-27-29-31-32-33-34-36-37-39-42-45-48-51-54-57-64(68)66-62(61-73-75(70,71)72-60-59-67(4,5)6)63(56-53-50-47-44-41-24-21-18-15-12-9-3)74-65(69)58-55-52-49-46-43-40-38-35-30-28-26-23-20-17-14-11-8-2/h28,30,53,56,62-63H,7-27,29,31-52,54-55,57-61H2,1-6H3,(H-,66,68,70,71)/p+1/b30-28+,56-53+. The van der Waals surface area contributed by atoms with E-state index in [1.807, 2.05) is 33.3 Å². The highest BCUT2D eigenvalue weighted by Gasteiger charge is 2.30. The number of allylic oxidation sites excluding steroid dienone is 3. The van der Waals surface area contributed by atoms with Crippen molar-refractivity contribution in [3.05, 3.63) is 24.3 Å². The summed E-state index contributed by atoms with van der Waals surface area (Å²) in [6, 6.07) is -0.844. The summed E-state index contributed by atoms with van der Waals surface area (Å²) in [5.41, 5.74) is 0. The number of unbranched alkanes of at least 4 members (excludes halogenated alkanes) is 42. The van der Waals surface area contributed by atoms with Crippen LogP contribution in [0.15, 0.2) is 24.3 Å². The maximum absolute atomic E-state index is 13.6. The quantitative estimate of drug-likeness (QED) is 0.0205. The molecule has 10 heteroatoms. The number of rotatable bonds is 60. The van der Waals surface area contributed by atoms with E-state index in [4.69, 9.17) is 13.8 Å². The van der Waals surface area contributed by atoms with Gasteiger partial charge in [-0.25, -0.2) is 4.57 Å². The van der Waals surface area contributed by atoms with Gasteiger partial charge in [0.25, 0.3) is 0 Å². The van der Waals surface area contributed by atoms with Crippen LogP contribution >= 0.6 is 7.82 Å². The van der Waals surface area contributed by atoms with Gasteiger partial charge in [0, 0.05) is 12.8 Å². The predicted molar refractivity (Wildman–Crippen MR) is 323 cm³/mol. The molecule has 0 aliphatic carbocycles. The monoisotopic (exact) mass is 1080 g/mol. The van der Waals surface area contributed by atoms with Crippen LogP contribution in [0.3, 0.4) is 0 Å². The van der Waals surface area contributed by atoms with Crippen LogP contribution < -0.4 is 5.32 Å². The minimum absolute atomic E-state index is 0.0432. The Labute approximate surface area is 466 Å². The summed E-state index contributed by atoms with van der Waals surface area (Å²) in [6.07, 6.45) is 66.1. The summed E-state index contributed by atoms with van der Waals surface area (Å²) in [7, 11) is 1.51. The maximum atomic E-state index is 13.6. The van der Waals surface area contributed by atoms with E-state index in [0.717, 1.165) is 57.8 Å². The van der Waals surface area contributed by atoms with Crippen molar-refractivity contribution in [2.24, 2.45) is 0 Å². The Kier molecular flexibility index (Phi) is 54.7. The molecule has 0 bridgehead atoms. The zero-order valence-electron chi connectivity index (χ0n) is 50.8. The number of nitrogens with zero attached hydrogens (tertiary/aromatic N) is 1. The van der Waals surface area contributed by atoms with Crippen molar-refractivity contribution in [2.75, 3.05) is 40.9 Å². The molecule has 0 heterocycles. The molecule has 1 amide bonds. The lowest BCUT2D eigenvalue weighted by Crippen LogP contribution is -2.47. The minimum Gasteiger partial charge on any atom is -0.456 e. The first kappa shape index (κ1) is 73.5. The van der Waals surface area contributed by atoms with Crippen molar-refractivity contribution in [1.29, 1.82) is 0 Å². The van der Waals surface area contributed by atoms with Gasteiger partial charge in [-0.2, -0.15) is 0 Å². The fourth-order valence-corrected chi connectivity index (χ4v) is 10.6. The molecule has 3 atom stereocenters. The van der Waals surface area contributed by atoms with Gasteiger partial charge in [-0.3, -0.25) is 18.6 Å². The van der Waals surface area contributed by atoms with E-state index in [9.17, 15) is 19.0 Å². The fraction of sp³-hybridized carbons (Fsp3) is 0.908. The molecule has 444 valence electrons. The summed E-state index contributed by atoms with van der Waals surface area (Å²) in [5.74, 6) is -0.492. The van der Waals surface area contributed by atoms with E-state index in [2.05, 4.69) is 38.2 Å². The number of ether oxygens (including phenoxy) is 1. The summed E-state index contributed by atoms with van der Waals surface area (Å²) < 4.78 is 30.7. The van der Waals surface area contributed by atoms with Gasteiger partial charge < -0.3 is 19.4 Å². The molecule has 0 aromatic rings. The molecule has 0 saturated carbocycles. The van der Waals surface area contributed by atoms with Crippen LogP contribution in [-0.2, 0) is 27.9 Å². The highest BCUT2D eigenvalue weighted by atomic mass is 31.2. The van der Waals surface area contributed by atoms with Crippen LogP contribution in [-0.4, -0.2) is 74.3 Å². The Morgan fingerprint density at radius 2 is 0.773 bits per heavy atom. The van der Waals surface area contributed by atoms with Crippen LogP contribution in [0, 0.1) is 0 Å². The van der Waals surface area contributed by atoms with Gasteiger partial charge in [-0.15, -0.1) is 0 Å². The normalized spacial score (nSPS) is 13.7. The molecule has 0 spiro atoms. The van der Waals surface area contributed by atoms with Crippen molar-refractivity contribution < 1.29 is 37.3 Å². The van der Waals surface area contributed by atoms with Gasteiger partial charge >= 0.3 is 13.8 Å². The number of carbonyl (C=O) groups is 2. The van der Waals surface area contributed by atoms with Crippen molar-refractivity contribution >= 4 is 19.7 Å². The van der Waals surface area contributed by atoms with Crippen LogP contribution in [0.25, 0.3) is 0 Å². The van der Waals surface area contributed by atoms with Crippen molar-refractivity contribution in [2.45, 2.75) is 341 Å². The summed E-state index contributed by atoms with van der Waals surface area (Å²) in [4.78, 5) is 37.7. The molecule has 0 radical (unpaired) electrons. The smallest absolute Gasteiger partial charge is 0.456 e. The zero-order chi connectivity index (χ0) is 55.0. The third-order valence-electron chi connectivity index (χ3n) is 14.9. The highest BCUT2D eigenvalue weighted by Crippen LogP contribution is 2.43. The van der Waals surface area contributed by atoms with Crippen LogP contribution in [0.2, 0.25) is 0 Å². The molecule has 0 aromatic carbocycles. The molecular weight excluding hydrogens is 952 g/mol. The molecule has 3 unspecified atom stereocenters. The van der Waals surface area contributed by atoms with E-state index < -0.39 is 20.0 Å². The number of phosphoric ester groups is 1. The number of phosphoric acid groups is 1. The van der Waals surface area contributed by atoms with Gasteiger partial charge in [0.2, 0.25) is 5.91 Å². The van der Waals surface area contributed by atoms with Crippen LogP contribution in [0.1, 0.15) is 329 Å². The molecular formula is C65H128N2O7P+. The molecule has 0 fully saturated rings. The second-order valence-corrected chi connectivity index (χ2v) is 25.1. The Morgan fingerprint density at radius 3 is 1.13 bits per heavy atom. The molecule has 0 aromatic heterocycles. The second-order valence-electron chi connectivity index (χ2n) is 23.6. The first-order valence-electron chi connectivity index (χ1n) is 32.7. The van der Waals surface area contributed by atoms with Crippen LogP contribution in [0.5, 0.6) is 0 Å². The first-order valence-corrected chi connectivity index (χ1v) is 34.2. The van der Waals surface area contributed by atoms with Crippen molar-refractivity contribution in [1.82, 2.24) is 5.32 Å². The van der Waals surface area contributed by atoms with Crippen LogP contribution in [0.4, 0.5) is 0 Å². The summed E-state index contributed by atoms with van der Waals surface area (Å²) in [6.45, 7) is 7.05. The van der Waals surface area contributed by atoms with Gasteiger partial charge in [0.1, 0.15) is 19.3 Å². The van der Waals surface area contributed by atoms with E-state index in [-0.39, 0.29) is 25.1 Å². The molecule has 0 aliphatic rings. The number of nitrogens with one attached hydrogen (secondary N) is 1. The number of hydrogen-bond donors (Lipinski definition) is 2. The Hall–Kier alpha value is -1.51. The fourth-order valence-electron chi connectivity index (χ4n) is 9.82. The van der Waals surface area contributed by atoms with Crippen molar-refractivity contribution in [3.8, 4) is 0 Å². The van der Waals surface area contributed by atoms with E-state index >= 15 is 0 Å². The van der Waals surface area contributed by atoms with E-state index in [1.54, 1.807) is 0 Å². The first-order chi connectivity index (χ1) is 36.4. The Bertz CT molecular complexity index is 1340. The summed E-state index contributed by atoms with van der Waals surface area (Å²) >= 11 is 0. The molecule has 0 aliphatic heterocycles. The molecule has 0 saturated heterocycles. The number of carbonyl (C=O) groups excluding carboxylic acids is 2. The third kappa shape index (κ3) is 57.0. The molecule has 2 N–H and O–H groups in total. The molecule has 75 heavy (non-hydrogen) atoms. The van der Waals surface area contributed by atoms with Gasteiger partial charge in [0.15, 0.2) is 0 Å². The lowest BCUT2D eigenvalue weighted by molar-refractivity contribution is -0.870. The average molecular weight is 1080 g/mol. The number of esters is 1. The summed E-state index contributed by atoms with van der Waals surface area (Å²) in [5, 5.41) is 3.07. The minimum atomic E-state index is -4.44. The highest BCUT2D eigenvalue weighted by molar-refractivity contribution is 7.47. The lowest BCUT2D eigenvalue weighted by atomic mass is 10.0. The molecule has 0 rings (SSSR count). The average Bonchev–Trinajstić information content (AvgIpc) is 3.37. The maximum Gasteiger partial charge on any atom is 0.472 e. The topological polar surface area (TPSA) is 111 Å². The Morgan fingerprint density at radius 1 is 0.453 bits per heavy atom. The third-order valence-corrected chi connectivity index (χ3v) is 15.9. The van der Waals surface area contributed by atoms with Gasteiger partial charge in [-0.1, -0.05) is 283 Å². The predicted octanol–water partition coefficient (Wildman–Crippen LogP) is 20.1. The number of quaternary nitrogens is 1. The number of likely N-dealkylation sites (N-methyl/N-ethyl adjacent to an activating group) is 1. The van der Waals surface area contributed by atoms with Crippen molar-refractivity contribution in [3.63, 3.8) is 0 Å². The lowest BCUT2D eigenvalue weighted by Gasteiger charge is -2.27.